The molecular formula is C11H8BrF3N2. The second-order valence-electron chi connectivity index (χ2n) is 3.62. The average molecular weight is 305 g/mol. The van der Waals surface area contributed by atoms with E-state index in [9.17, 15) is 13.2 Å². The predicted molar refractivity (Wildman–Crippen MR) is 61.5 cm³/mol. The van der Waals surface area contributed by atoms with Crippen molar-refractivity contribution in [3.05, 3.63) is 40.0 Å². The van der Waals surface area contributed by atoms with Gasteiger partial charge in [0.15, 0.2) is 0 Å². The van der Waals surface area contributed by atoms with E-state index >= 15 is 0 Å². The number of nitrogens with one attached hydrogen (secondary N) is 1. The number of nitrogens with zero attached hydrogens (tertiary/aromatic N) is 1. The molecule has 1 aromatic heterocycles. The van der Waals surface area contributed by atoms with Gasteiger partial charge in [-0.05, 0) is 24.6 Å². The van der Waals surface area contributed by atoms with E-state index in [1.807, 2.05) is 0 Å². The number of hydrogen-bond acceptors (Lipinski definition) is 1. The van der Waals surface area contributed by atoms with Crippen molar-refractivity contribution >= 4 is 15.9 Å². The largest absolute Gasteiger partial charge is 0.417 e. The van der Waals surface area contributed by atoms with Gasteiger partial charge < -0.3 is 0 Å². The lowest BCUT2D eigenvalue weighted by molar-refractivity contribution is -0.137. The summed E-state index contributed by atoms with van der Waals surface area (Å²) in [4.78, 5) is 0. The molecule has 0 aliphatic heterocycles. The van der Waals surface area contributed by atoms with Crippen LogP contribution in [0.5, 0.6) is 0 Å². The van der Waals surface area contributed by atoms with E-state index in [1.165, 1.54) is 12.3 Å². The summed E-state index contributed by atoms with van der Waals surface area (Å²) >= 11 is 3.04. The van der Waals surface area contributed by atoms with E-state index in [4.69, 9.17) is 0 Å². The third-order valence-corrected chi connectivity index (χ3v) is 2.88. The zero-order valence-electron chi connectivity index (χ0n) is 8.77. The molecule has 0 saturated carbocycles. The Morgan fingerprint density at radius 1 is 1.29 bits per heavy atom. The van der Waals surface area contributed by atoms with Crippen molar-refractivity contribution in [3.63, 3.8) is 0 Å². The van der Waals surface area contributed by atoms with Crippen LogP contribution >= 0.6 is 15.9 Å². The fraction of sp³-hybridized carbons (Fsp3) is 0.182. The van der Waals surface area contributed by atoms with Gasteiger partial charge >= 0.3 is 6.18 Å². The molecule has 0 amide bonds. The number of H-pyrrole nitrogens is 1. The standard InChI is InChI=1S/C11H8BrF3N2/c1-6-5-16-17-10(6)8-3-2-7(12)4-9(8)11(13,14)15/h2-5H,1H3,(H,16,17). The van der Waals surface area contributed by atoms with Gasteiger partial charge in [0, 0.05) is 10.0 Å². The number of halogens is 4. The van der Waals surface area contributed by atoms with Gasteiger partial charge in [0.05, 0.1) is 17.5 Å². The molecule has 0 fully saturated rings. The Morgan fingerprint density at radius 3 is 2.53 bits per heavy atom. The number of benzene rings is 1. The molecule has 0 saturated heterocycles. The first kappa shape index (κ1) is 12.2. The van der Waals surface area contributed by atoms with Crippen LogP contribution < -0.4 is 0 Å². The highest BCUT2D eigenvalue weighted by Gasteiger charge is 2.34. The molecular weight excluding hydrogens is 297 g/mol. The molecule has 0 atom stereocenters. The predicted octanol–water partition coefficient (Wildman–Crippen LogP) is 4.17. The number of aryl methyl sites for hydroxylation is 1. The number of aromatic nitrogens is 2. The minimum atomic E-state index is -4.39. The number of aromatic amines is 1. The molecule has 0 bridgehead atoms. The first-order valence-corrected chi connectivity index (χ1v) is 5.56. The second kappa shape index (κ2) is 4.18. The van der Waals surface area contributed by atoms with Gasteiger partial charge in [-0.25, -0.2) is 0 Å². The average Bonchev–Trinajstić information content (AvgIpc) is 2.63. The van der Waals surface area contributed by atoms with Gasteiger partial charge in [-0.3, -0.25) is 5.10 Å². The fourth-order valence-electron chi connectivity index (χ4n) is 1.59. The van der Waals surface area contributed by atoms with Crippen molar-refractivity contribution in [2.24, 2.45) is 0 Å². The van der Waals surface area contributed by atoms with Crippen molar-refractivity contribution in [1.29, 1.82) is 0 Å². The quantitative estimate of drug-likeness (QED) is 0.842. The van der Waals surface area contributed by atoms with Gasteiger partial charge in [0.2, 0.25) is 0 Å². The van der Waals surface area contributed by atoms with Gasteiger partial charge in [-0.1, -0.05) is 22.0 Å². The molecule has 0 aliphatic rings. The zero-order chi connectivity index (χ0) is 12.6. The van der Waals surface area contributed by atoms with Gasteiger partial charge in [-0.2, -0.15) is 18.3 Å². The molecule has 1 heterocycles. The Bertz CT molecular complexity index is 546. The fourth-order valence-corrected chi connectivity index (χ4v) is 1.95. The van der Waals surface area contributed by atoms with Crippen LogP contribution in [0.3, 0.4) is 0 Å². The summed E-state index contributed by atoms with van der Waals surface area (Å²) in [7, 11) is 0. The van der Waals surface area contributed by atoms with E-state index < -0.39 is 11.7 Å². The van der Waals surface area contributed by atoms with E-state index in [0.29, 0.717) is 15.7 Å². The van der Waals surface area contributed by atoms with Crippen LogP contribution in [0.4, 0.5) is 13.2 Å². The molecule has 0 spiro atoms. The summed E-state index contributed by atoms with van der Waals surface area (Å²) in [5.41, 5.74) is 0.498. The van der Waals surface area contributed by atoms with Crippen LogP contribution in [0.1, 0.15) is 11.1 Å². The minimum absolute atomic E-state index is 0.107. The lowest BCUT2D eigenvalue weighted by atomic mass is 10.0. The summed E-state index contributed by atoms with van der Waals surface area (Å²) in [5.74, 6) is 0. The van der Waals surface area contributed by atoms with Crippen molar-refractivity contribution in [2.75, 3.05) is 0 Å². The van der Waals surface area contributed by atoms with Crippen LogP contribution in [0.15, 0.2) is 28.9 Å². The maximum atomic E-state index is 12.9. The molecule has 0 radical (unpaired) electrons. The lowest BCUT2D eigenvalue weighted by Gasteiger charge is -2.12. The molecule has 2 aromatic rings. The van der Waals surface area contributed by atoms with Crippen molar-refractivity contribution < 1.29 is 13.2 Å². The minimum Gasteiger partial charge on any atom is -0.278 e. The zero-order valence-corrected chi connectivity index (χ0v) is 10.4. The highest BCUT2D eigenvalue weighted by molar-refractivity contribution is 9.10. The molecule has 2 rings (SSSR count). The summed E-state index contributed by atoms with van der Waals surface area (Å²) in [6.07, 6.45) is -2.89. The Labute approximate surface area is 104 Å². The molecule has 2 nitrogen and oxygen atoms in total. The van der Waals surface area contributed by atoms with Crippen molar-refractivity contribution in [3.8, 4) is 11.3 Å². The van der Waals surface area contributed by atoms with Crippen LogP contribution in [-0.4, -0.2) is 10.2 Å². The molecule has 0 unspecified atom stereocenters. The SMILES string of the molecule is Cc1cn[nH]c1-c1ccc(Br)cc1C(F)(F)F. The van der Waals surface area contributed by atoms with Crippen LogP contribution in [0.2, 0.25) is 0 Å². The van der Waals surface area contributed by atoms with Gasteiger partial charge in [-0.15, -0.1) is 0 Å². The van der Waals surface area contributed by atoms with Gasteiger partial charge in [0.25, 0.3) is 0 Å². The topological polar surface area (TPSA) is 28.7 Å². The highest BCUT2D eigenvalue weighted by atomic mass is 79.9. The third-order valence-electron chi connectivity index (χ3n) is 2.39. The van der Waals surface area contributed by atoms with E-state index in [2.05, 4.69) is 26.1 Å². The smallest absolute Gasteiger partial charge is 0.278 e. The third kappa shape index (κ3) is 2.36. The lowest BCUT2D eigenvalue weighted by Crippen LogP contribution is -2.07. The maximum absolute atomic E-state index is 12.9. The van der Waals surface area contributed by atoms with Crippen molar-refractivity contribution in [2.45, 2.75) is 13.1 Å². The molecule has 90 valence electrons. The highest BCUT2D eigenvalue weighted by Crippen LogP contribution is 2.38. The first-order chi connectivity index (χ1) is 7.89. The van der Waals surface area contributed by atoms with Crippen LogP contribution in [-0.2, 0) is 6.18 Å². The first-order valence-electron chi connectivity index (χ1n) is 4.76. The summed E-state index contributed by atoms with van der Waals surface area (Å²) in [6, 6.07) is 4.06. The Hall–Kier alpha value is -1.30. The number of hydrogen-bond donors (Lipinski definition) is 1. The molecule has 1 N–H and O–H groups in total. The van der Waals surface area contributed by atoms with E-state index in [1.54, 1.807) is 13.0 Å². The normalized spacial score (nSPS) is 11.8. The number of alkyl halides is 3. The molecule has 1 aromatic carbocycles. The summed E-state index contributed by atoms with van der Waals surface area (Å²) in [6.45, 7) is 1.71. The van der Waals surface area contributed by atoms with Gasteiger partial charge in [0.1, 0.15) is 0 Å². The Morgan fingerprint density at radius 2 is 2.00 bits per heavy atom. The maximum Gasteiger partial charge on any atom is 0.417 e. The summed E-state index contributed by atoms with van der Waals surface area (Å²) < 4.78 is 39.1. The van der Waals surface area contributed by atoms with Crippen LogP contribution in [0, 0.1) is 6.92 Å². The second-order valence-corrected chi connectivity index (χ2v) is 4.53. The van der Waals surface area contributed by atoms with E-state index in [0.717, 1.165) is 6.07 Å². The summed E-state index contributed by atoms with van der Waals surface area (Å²) in [5, 5.41) is 6.33. The van der Waals surface area contributed by atoms with Crippen molar-refractivity contribution in [1.82, 2.24) is 10.2 Å². The Balaban J connectivity index is 2.67. The molecule has 6 heteroatoms. The molecule has 17 heavy (non-hydrogen) atoms. The van der Waals surface area contributed by atoms with Crippen LogP contribution in [0.25, 0.3) is 11.3 Å². The Kier molecular flexibility index (Phi) is 2.99. The van der Waals surface area contributed by atoms with E-state index in [-0.39, 0.29) is 5.56 Å². The molecule has 0 aliphatic carbocycles. The number of rotatable bonds is 1. The monoisotopic (exact) mass is 304 g/mol.